The SMILES string of the molecule is COc1cc(C(=O)N(CCN2CCOCC2)c2nc3cc(C)c(C)cc3s2)cc(OC)c1OC. The van der Waals surface area contributed by atoms with Gasteiger partial charge in [0, 0.05) is 31.7 Å². The number of methoxy groups -OCH3 is 3. The molecule has 1 aliphatic heterocycles. The first-order valence-corrected chi connectivity index (χ1v) is 12.1. The Morgan fingerprint density at radius 2 is 1.68 bits per heavy atom. The molecule has 1 aliphatic rings. The van der Waals surface area contributed by atoms with E-state index in [2.05, 4.69) is 30.9 Å². The van der Waals surface area contributed by atoms with E-state index in [0.29, 0.717) is 47.7 Å². The predicted octanol–water partition coefficient (Wildman–Crippen LogP) is 3.92. The number of aromatic nitrogens is 1. The number of amides is 1. The maximum Gasteiger partial charge on any atom is 0.260 e. The zero-order valence-corrected chi connectivity index (χ0v) is 21.2. The highest BCUT2D eigenvalue weighted by Gasteiger charge is 2.25. The van der Waals surface area contributed by atoms with Gasteiger partial charge in [0.2, 0.25) is 5.75 Å². The lowest BCUT2D eigenvalue weighted by molar-refractivity contribution is 0.0391. The number of ether oxygens (including phenoxy) is 4. The molecule has 0 N–H and O–H groups in total. The largest absolute Gasteiger partial charge is 0.493 e. The number of hydrogen-bond donors (Lipinski definition) is 0. The number of fused-ring (bicyclic) bond motifs is 1. The molecule has 1 fully saturated rings. The molecule has 0 spiro atoms. The van der Waals surface area contributed by atoms with Crippen molar-refractivity contribution in [2.45, 2.75) is 13.8 Å². The second kappa shape index (κ2) is 10.6. The van der Waals surface area contributed by atoms with E-state index in [1.54, 1.807) is 38.4 Å². The van der Waals surface area contributed by atoms with Crippen molar-refractivity contribution >= 4 is 32.6 Å². The average molecular weight is 486 g/mol. The van der Waals surface area contributed by atoms with Crippen LogP contribution in [0.2, 0.25) is 0 Å². The third kappa shape index (κ3) is 4.96. The molecule has 0 unspecified atom stereocenters. The number of benzene rings is 2. The number of carbonyl (C=O) groups excluding carboxylic acids is 1. The second-order valence-corrected chi connectivity index (χ2v) is 9.23. The summed E-state index contributed by atoms with van der Waals surface area (Å²) < 4.78 is 22.9. The summed E-state index contributed by atoms with van der Waals surface area (Å²) in [4.78, 5) is 22.8. The molecule has 0 bridgehead atoms. The van der Waals surface area contributed by atoms with Gasteiger partial charge in [0.1, 0.15) is 0 Å². The molecule has 2 heterocycles. The Hall–Kier alpha value is -2.88. The van der Waals surface area contributed by atoms with Gasteiger partial charge in [0.05, 0.1) is 44.8 Å². The molecule has 1 aromatic heterocycles. The quantitative estimate of drug-likeness (QED) is 0.479. The van der Waals surface area contributed by atoms with Crippen LogP contribution in [0.4, 0.5) is 5.13 Å². The Balaban J connectivity index is 1.72. The van der Waals surface area contributed by atoms with E-state index in [9.17, 15) is 4.79 Å². The Labute approximate surface area is 204 Å². The Morgan fingerprint density at radius 1 is 1.03 bits per heavy atom. The van der Waals surface area contributed by atoms with Crippen molar-refractivity contribution in [1.29, 1.82) is 0 Å². The lowest BCUT2D eigenvalue weighted by atomic mass is 10.1. The Bertz CT molecular complexity index is 1110. The number of nitrogens with zero attached hydrogens (tertiary/aromatic N) is 3. The minimum atomic E-state index is -0.167. The molecule has 3 aromatic rings. The lowest BCUT2D eigenvalue weighted by Gasteiger charge is -2.29. The predicted molar refractivity (Wildman–Crippen MR) is 134 cm³/mol. The van der Waals surface area contributed by atoms with E-state index in [-0.39, 0.29) is 5.91 Å². The zero-order valence-electron chi connectivity index (χ0n) is 20.3. The fraction of sp³-hybridized carbons (Fsp3) is 0.440. The third-order valence-corrected chi connectivity index (χ3v) is 7.17. The summed E-state index contributed by atoms with van der Waals surface area (Å²) in [6.45, 7) is 8.52. The number of morpholine rings is 1. The van der Waals surface area contributed by atoms with E-state index in [4.69, 9.17) is 23.9 Å². The normalized spacial score (nSPS) is 14.3. The average Bonchev–Trinajstić information content (AvgIpc) is 3.25. The summed E-state index contributed by atoms with van der Waals surface area (Å²) in [6, 6.07) is 7.59. The van der Waals surface area contributed by atoms with Gasteiger partial charge in [0.15, 0.2) is 16.6 Å². The first-order chi connectivity index (χ1) is 16.4. The molecule has 34 heavy (non-hydrogen) atoms. The van der Waals surface area contributed by atoms with Gasteiger partial charge in [-0.25, -0.2) is 4.98 Å². The standard InChI is InChI=1S/C25H31N3O5S/c1-16-12-19-22(13-17(16)2)34-25(26-19)28(7-6-27-8-10-33-11-9-27)24(29)18-14-20(30-3)23(32-5)21(15-18)31-4/h12-15H,6-11H2,1-5H3. The number of rotatable bonds is 8. The minimum absolute atomic E-state index is 0.167. The van der Waals surface area contributed by atoms with Gasteiger partial charge >= 0.3 is 0 Å². The second-order valence-electron chi connectivity index (χ2n) is 8.23. The third-order valence-electron chi connectivity index (χ3n) is 6.12. The van der Waals surface area contributed by atoms with Gasteiger partial charge in [-0.3, -0.25) is 14.6 Å². The molecule has 4 rings (SSSR count). The number of aryl methyl sites for hydroxylation is 2. The van der Waals surface area contributed by atoms with E-state index >= 15 is 0 Å². The van der Waals surface area contributed by atoms with Crippen LogP contribution in [0.3, 0.4) is 0 Å². The highest BCUT2D eigenvalue weighted by atomic mass is 32.1. The van der Waals surface area contributed by atoms with Gasteiger partial charge in [-0.1, -0.05) is 11.3 Å². The highest BCUT2D eigenvalue weighted by Crippen LogP contribution is 2.39. The van der Waals surface area contributed by atoms with Crippen molar-refractivity contribution < 1.29 is 23.7 Å². The molecule has 0 saturated carbocycles. The van der Waals surface area contributed by atoms with Gasteiger partial charge in [-0.2, -0.15) is 0 Å². The number of anilines is 1. The minimum Gasteiger partial charge on any atom is -0.493 e. The smallest absolute Gasteiger partial charge is 0.260 e. The lowest BCUT2D eigenvalue weighted by Crippen LogP contribution is -2.43. The van der Waals surface area contributed by atoms with Gasteiger partial charge < -0.3 is 18.9 Å². The summed E-state index contributed by atoms with van der Waals surface area (Å²) in [6.07, 6.45) is 0. The number of carbonyl (C=O) groups is 1. The molecule has 0 aliphatic carbocycles. The summed E-state index contributed by atoms with van der Waals surface area (Å²) in [7, 11) is 4.63. The number of thiazole rings is 1. The van der Waals surface area contributed by atoms with Crippen LogP contribution in [0.1, 0.15) is 21.5 Å². The van der Waals surface area contributed by atoms with Crippen LogP contribution in [0, 0.1) is 13.8 Å². The summed E-state index contributed by atoms with van der Waals surface area (Å²) in [5.74, 6) is 1.16. The van der Waals surface area contributed by atoms with Crippen LogP contribution in [-0.2, 0) is 4.74 Å². The van der Waals surface area contributed by atoms with E-state index < -0.39 is 0 Å². The van der Waals surface area contributed by atoms with Crippen LogP contribution in [-0.4, -0.2) is 76.5 Å². The maximum atomic E-state index is 13.9. The van der Waals surface area contributed by atoms with Crippen molar-refractivity contribution in [3.05, 3.63) is 41.0 Å². The Kier molecular flexibility index (Phi) is 7.55. The molecule has 1 saturated heterocycles. The van der Waals surface area contributed by atoms with Crippen molar-refractivity contribution in [2.24, 2.45) is 0 Å². The van der Waals surface area contributed by atoms with Crippen molar-refractivity contribution in [1.82, 2.24) is 9.88 Å². The zero-order chi connectivity index (χ0) is 24.2. The molecular formula is C25H31N3O5S. The fourth-order valence-electron chi connectivity index (χ4n) is 3.99. The molecule has 0 atom stereocenters. The fourth-order valence-corrected chi connectivity index (χ4v) is 5.06. The molecule has 9 heteroatoms. The van der Waals surface area contributed by atoms with E-state index in [1.807, 2.05) is 0 Å². The Morgan fingerprint density at radius 3 is 2.29 bits per heavy atom. The van der Waals surface area contributed by atoms with Crippen LogP contribution >= 0.6 is 11.3 Å². The van der Waals surface area contributed by atoms with Crippen LogP contribution in [0.25, 0.3) is 10.2 Å². The first-order valence-electron chi connectivity index (χ1n) is 11.2. The summed E-state index contributed by atoms with van der Waals surface area (Å²) in [5, 5.41) is 0.673. The van der Waals surface area contributed by atoms with E-state index in [1.165, 1.54) is 22.5 Å². The summed E-state index contributed by atoms with van der Waals surface area (Å²) >= 11 is 1.53. The van der Waals surface area contributed by atoms with Crippen LogP contribution in [0.15, 0.2) is 24.3 Å². The van der Waals surface area contributed by atoms with Crippen molar-refractivity contribution in [3.63, 3.8) is 0 Å². The topological polar surface area (TPSA) is 73.4 Å². The molecule has 182 valence electrons. The monoisotopic (exact) mass is 485 g/mol. The van der Waals surface area contributed by atoms with Crippen molar-refractivity contribution in [2.75, 3.05) is 65.6 Å². The maximum absolute atomic E-state index is 13.9. The van der Waals surface area contributed by atoms with E-state index in [0.717, 1.165) is 29.9 Å². The summed E-state index contributed by atoms with van der Waals surface area (Å²) in [5.41, 5.74) is 3.74. The molecule has 0 radical (unpaired) electrons. The first kappa shape index (κ1) is 24.3. The molecular weight excluding hydrogens is 454 g/mol. The molecule has 2 aromatic carbocycles. The van der Waals surface area contributed by atoms with Gasteiger partial charge in [-0.15, -0.1) is 0 Å². The van der Waals surface area contributed by atoms with Gasteiger partial charge in [0.25, 0.3) is 5.91 Å². The highest BCUT2D eigenvalue weighted by molar-refractivity contribution is 7.22. The molecule has 1 amide bonds. The number of hydrogen-bond acceptors (Lipinski definition) is 8. The van der Waals surface area contributed by atoms with Crippen molar-refractivity contribution in [3.8, 4) is 17.2 Å². The molecule has 8 nitrogen and oxygen atoms in total. The van der Waals surface area contributed by atoms with Gasteiger partial charge in [-0.05, 0) is 49.2 Å². The van der Waals surface area contributed by atoms with Crippen LogP contribution < -0.4 is 19.1 Å². The van der Waals surface area contributed by atoms with Crippen LogP contribution in [0.5, 0.6) is 17.2 Å².